The Balaban J connectivity index is 2.08. The van der Waals surface area contributed by atoms with E-state index >= 15 is 0 Å². The maximum Gasteiger partial charge on any atom is 0.205 e. The van der Waals surface area contributed by atoms with Gasteiger partial charge in [-0.2, -0.15) is 4.37 Å². The van der Waals surface area contributed by atoms with Crippen LogP contribution in [0.25, 0.3) is 0 Å². The molecule has 0 radical (unpaired) electrons. The molecule has 0 amide bonds. The Labute approximate surface area is 110 Å². The standard InChI is InChI=1S/C11H18BrN3S/c1-2-5-10-13-11(16-14-10)15-7-4-3-6-9(15)8-12/h9H,2-8H2,1H3. The average Bonchev–Trinajstić information content (AvgIpc) is 2.78. The van der Waals surface area contributed by atoms with Gasteiger partial charge < -0.3 is 4.90 Å². The van der Waals surface area contributed by atoms with Gasteiger partial charge in [0.1, 0.15) is 5.82 Å². The number of aryl methyl sites for hydroxylation is 1. The molecule has 90 valence electrons. The van der Waals surface area contributed by atoms with Gasteiger partial charge in [-0.1, -0.05) is 22.9 Å². The minimum absolute atomic E-state index is 0.608. The Morgan fingerprint density at radius 3 is 3.12 bits per heavy atom. The quantitative estimate of drug-likeness (QED) is 0.800. The van der Waals surface area contributed by atoms with E-state index in [1.54, 1.807) is 11.5 Å². The number of hydrogen-bond acceptors (Lipinski definition) is 4. The highest BCUT2D eigenvalue weighted by atomic mass is 79.9. The molecule has 0 bridgehead atoms. The Bertz CT molecular complexity index is 329. The largest absolute Gasteiger partial charge is 0.343 e. The first-order valence-electron chi connectivity index (χ1n) is 6.00. The molecule has 0 spiro atoms. The van der Waals surface area contributed by atoms with Gasteiger partial charge in [-0.3, -0.25) is 0 Å². The fourth-order valence-electron chi connectivity index (χ4n) is 2.10. The lowest BCUT2D eigenvalue weighted by Crippen LogP contribution is -2.40. The summed E-state index contributed by atoms with van der Waals surface area (Å²) in [5, 5.41) is 2.16. The van der Waals surface area contributed by atoms with Crippen LogP contribution in [0.2, 0.25) is 0 Å². The van der Waals surface area contributed by atoms with Gasteiger partial charge in [0.05, 0.1) is 0 Å². The Kier molecular flexibility index (Phi) is 4.58. The molecule has 1 aliphatic heterocycles. The highest BCUT2D eigenvalue weighted by Gasteiger charge is 2.24. The third-order valence-electron chi connectivity index (χ3n) is 2.98. The number of rotatable bonds is 4. The van der Waals surface area contributed by atoms with Crippen molar-refractivity contribution < 1.29 is 0 Å². The van der Waals surface area contributed by atoms with Crippen LogP contribution in [-0.2, 0) is 6.42 Å². The fraction of sp³-hybridized carbons (Fsp3) is 0.818. The molecule has 2 heterocycles. The van der Waals surface area contributed by atoms with Crippen LogP contribution in [0.5, 0.6) is 0 Å². The van der Waals surface area contributed by atoms with E-state index in [2.05, 4.69) is 37.1 Å². The summed E-state index contributed by atoms with van der Waals surface area (Å²) in [5.74, 6) is 1.02. The highest BCUT2D eigenvalue weighted by Crippen LogP contribution is 2.27. The summed E-state index contributed by atoms with van der Waals surface area (Å²) < 4.78 is 4.42. The van der Waals surface area contributed by atoms with Crippen LogP contribution < -0.4 is 4.90 Å². The van der Waals surface area contributed by atoms with E-state index < -0.39 is 0 Å². The van der Waals surface area contributed by atoms with Gasteiger partial charge in [-0.15, -0.1) is 0 Å². The molecular weight excluding hydrogens is 286 g/mol. The molecule has 1 unspecified atom stereocenters. The Morgan fingerprint density at radius 2 is 2.38 bits per heavy atom. The molecule has 0 N–H and O–H groups in total. The summed E-state index contributed by atoms with van der Waals surface area (Å²) in [7, 11) is 0. The summed E-state index contributed by atoms with van der Waals surface area (Å²) in [6, 6.07) is 0.608. The van der Waals surface area contributed by atoms with Crippen molar-refractivity contribution in [3.63, 3.8) is 0 Å². The van der Waals surface area contributed by atoms with Crippen molar-refractivity contribution in [1.82, 2.24) is 9.36 Å². The molecule has 1 saturated heterocycles. The number of anilines is 1. The first-order valence-corrected chi connectivity index (χ1v) is 7.89. The van der Waals surface area contributed by atoms with Crippen LogP contribution in [0.4, 0.5) is 5.13 Å². The van der Waals surface area contributed by atoms with E-state index in [0.29, 0.717) is 6.04 Å². The molecule has 2 rings (SSSR count). The molecule has 3 nitrogen and oxygen atoms in total. The average molecular weight is 304 g/mol. The zero-order valence-electron chi connectivity index (χ0n) is 9.65. The molecule has 1 aromatic rings. The Morgan fingerprint density at radius 1 is 1.50 bits per heavy atom. The fourth-order valence-corrected chi connectivity index (χ4v) is 3.58. The van der Waals surface area contributed by atoms with E-state index in [0.717, 1.165) is 35.7 Å². The minimum Gasteiger partial charge on any atom is -0.343 e. The number of alkyl halides is 1. The second kappa shape index (κ2) is 5.96. The summed E-state index contributed by atoms with van der Waals surface area (Å²) in [5.41, 5.74) is 0. The lowest BCUT2D eigenvalue weighted by molar-refractivity contribution is 0.490. The van der Waals surface area contributed by atoms with Crippen LogP contribution in [-0.4, -0.2) is 27.3 Å². The van der Waals surface area contributed by atoms with Gasteiger partial charge in [0.25, 0.3) is 0 Å². The van der Waals surface area contributed by atoms with Crippen molar-refractivity contribution in [2.24, 2.45) is 0 Å². The zero-order valence-corrected chi connectivity index (χ0v) is 12.1. The molecule has 0 aromatic carbocycles. The van der Waals surface area contributed by atoms with Gasteiger partial charge in [-0.25, -0.2) is 4.98 Å². The van der Waals surface area contributed by atoms with Crippen molar-refractivity contribution in [3.8, 4) is 0 Å². The topological polar surface area (TPSA) is 29.0 Å². The van der Waals surface area contributed by atoms with E-state index in [9.17, 15) is 0 Å². The predicted octanol–water partition coefficient (Wildman–Crippen LogP) is 3.24. The van der Waals surface area contributed by atoms with Crippen molar-refractivity contribution in [2.75, 3.05) is 16.8 Å². The highest BCUT2D eigenvalue weighted by molar-refractivity contribution is 9.09. The Hall–Kier alpha value is -0.160. The van der Waals surface area contributed by atoms with E-state index in [-0.39, 0.29) is 0 Å². The number of halogens is 1. The summed E-state index contributed by atoms with van der Waals surface area (Å²) in [6.07, 6.45) is 6.02. The van der Waals surface area contributed by atoms with Gasteiger partial charge in [0, 0.05) is 35.9 Å². The summed E-state index contributed by atoms with van der Waals surface area (Å²) in [6.45, 7) is 3.31. The monoisotopic (exact) mass is 303 g/mol. The molecule has 16 heavy (non-hydrogen) atoms. The van der Waals surface area contributed by atoms with Crippen LogP contribution in [0.15, 0.2) is 0 Å². The molecule has 5 heteroatoms. The number of nitrogens with zero attached hydrogens (tertiary/aromatic N) is 3. The van der Waals surface area contributed by atoms with E-state index in [4.69, 9.17) is 0 Å². The smallest absolute Gasteiger partial charge is 0.205 e. The SMILES string of the molecule is CCCc1nsc(N2CCCCC2CBr)n1. The molecule has 1 aliphatic rings. The molecule has 1 atom stereocenters. The molecular formula is C11H18BrN3S. The van der Waals surface area contributed by atoms with Crippen molar-refractivity contribution in [3.05, 3.63) is 5.82 Å². The minimum atomic E-state index is 0.608. The molecule has 1 fully saturated rings. The zero-order chi connectivity index (χ0) is 11.4. The normalized spacial score (nSPS) is 21.4. The van der Waals surface area contributed by atoms with Crippen molar-refractivity contribution in [2.45, 2.75) is 45.1 Å². The van der Waals surface area contributed by atoms with Gasteiger partial charge in [-0.05, 0) is 25.7 Å². The molecule has 0 saturated carbocycles. The van der Waals surface area contributed by atoms with Gasteiger partial charge >= 0.3 is 0 Å². The van der Waals surface area contributed by atoms with E-state index in [1.807, 2.05) is 0 Å². The molecule has 0 aliphatic carbocycles. The lowest BCUT2D eigenvalue weighted by Gasteiger charge is -2.34. The third kappa shape index (κ3) is 2.74. The van der Waals surface area contributed by atoms with Gasteiger partial charge in [0.2, 0.25) is 5.13 Å². The maximum absolute atomic E-state index is 4.63. The van der Waals surface area contributed by atoms with Crippen molar-refractivity contribution >= 4 is 32.6 Å². The van der Waals surface area contributed by atoms with Crippen LogP contribution in [0.3, 0.4) is 0 Å². The van der Waals surface area contributed by atoms with Crippen LogP contribution >= 0.6 is 27.5 Å². The lowest BCUT2D eigenvalue weighted by atomic mass is 10.0. The molecule has 1 aromatic heterocycles. The van der Waals surface area contributed by atoms with Crippen molar-refractivity contribution in [1.29, 1.82) is 0 Å². The number of aromatic nitrogens is 2. The van der Waals surface area contributed by atoms with Crippen LogP contribution in [0.1, 0.15) is 38.4 Å². The summed E-state index contributed by atoms with van der Waals surface area (Å²) in [4.78, 5) is 7.06. The third-order valence-corrected chi connectivity index (χ3v) is 4.52. The number of hydrogen-bond donors (Lipinski definition) is 0. The van der Waals surface area contributed by atoms with Gasteiger partial charge in [0.15, 0.2) is 0 Å². The van der Waals surface area contributed by atoms with Crippen LogP contribution in [0, 0.1) is 0 Å². The predicted molar refractivity (Wildman–Crippen MR) is 72.7 cm³/mol. The number of piperidine rings is 1. The van der Waals surface area contributed by atoms with E-state index in [1.165, 1.54) is 19.3 Å². The first-order chi connectivity index (χ1) is 7.85. The summed E-state index contributed by atoms with van der Waals surface area (Å²) >= 11 is 5.16. The second-order valence-corrected chi connectivity index (χ2v) is 5.62. The second-order valence-electron chi connectivity index (χ2n) is 4.24. The maximum atomic E-state index is 4.63. The first kappa shape index (κ1) is 12.3.